The Morgan fingerprint density at radius 1 is 1.05 bits per heavy atom. The number of imidazole rings is 1. The van der Waals surface area contributed by atoms with Crippen molar-refractivity contribution < 1.29 is 27.1 Å². The fourth-order valence-corrected chi connectivity index (χ4v) is 4.13. The van der Waals surface area contributed by atoms with Crippen molar-refractivity contribution in [3.63, 3.8) is 0 Å². The summed E-state index contributed by atoms with van der Waals surface area (Å²) in [6, 6.07) is 12.1. The largest absolute Gasteiger partial charge is 0.450 e. The van der Waals surface area contributed by atoms with Crippen molar-refractivity contribution in [2.75, 3.05) is 11.9 Å². The van der Waals surface area contributed by atoms with E-state index in [0.29, 0.717) is 22.2 Å². The molecule has 2 heterocycles. The third-order valence-electron chi connectivity index (χ3n) is 5.89. The van der Waals surface area contributed by atoms with Crippen molar-refractivity contribution >= 4 is 33.8 Å². The van der Waals surface area contributed by atoms with Crippen LogP contribution in [0.5, 0.6) is 0 Å². The third-order valence-corrected chi connectivity index (χ3v) is 5.89. The highest BCUT2D eigenvalue weighted by Gasteiger charge is 2.31. The Balaban J connectivity index is 1.50. The topological polar surface area (TPSA) is 113 Å². The number of nitrogens with zero attached hydrogens (tertiary/aromatic N) is 2. The average Bonchev–Trinajstić information content (AvgIpc) is 3.27. The quantitative estimate of drug-likeness (QED) is 0.252. The number of nitrogens with one attached hydrogen (secondary N) is 3. The van der Waals surface area contributed by atoms with Crippen LogP contribution in [0.15, 0.2) is 59.4 Å². The van der Waals surface area contributed by atoms with Crippen LogP contribution in [0.25, 0.3) is 32.9 Å². The Kier molecular flexibility index (Phi) is 6.31. The van der Waals surface area contributed by atoms with Gasteiger partial charge in [0.25, 0.3) is 5.56 Å². The number of H-pyrrole nitrogens is 2. The molecule has 8 nitrogen and oxygen atoms in total. The average molecular weight is 525 g/mol. The number of halogens is 4. The minimum Gasteiger partial charge on any atom is -0.450 e. The number of benzene rings is 3. The minimum absolute atomic E-state index is 0.0434. The monoisotopic (exact) mass is 525 g/mol. The molecule has 0 fully saturated rings. The van der Waals surface area contributed by atoms with Crippen LogP contribution in [0, 0.1) is 5.82 Å². The van der Waals surface area contributed by atoms with Crippen LogP contribution in [0.4, 0.5) is 28.3 Å². The number of aromatic amines is 2. The van der Waals surface area contributed by atoms with Crippen molar-refractivity contribution in [3.05, 3.63) is 87.6 Å². The van der Waals surface area contributed by atoms with Crippen molar-refractivity contribution in [2.45, 2.75) is 19.5 Å². The molecule has 1 amide bonds. The van der Waals surface area contributed by atoms with Gasteiger partial charge in [0.15, 0.2) is 0 Å². The zero-order chi connectivity index (χ0) is 27.0. The molecule has 3 N–H and O–H groups in total. The summed E-state index contributed by atoms with van der Waals surface area (Å²) < 4.78 is 59.6. The second-order valence-corrected chi connectivity index (χ2v) is 8.41. The highest BCUT2D eigenvalue weighted by molar-refractivity contribution is 5.88. The predicted molar refractivity (Wildman–Crippen MR) is 132 cm³/mol. The first-order chi connectivity index (χ1) is 18.1. The number of fused-ring (bicyclic) bond motifs is 2. The molecule has 0 saturated carbocycles. The smallest absolute Gasteiger partial charge is 0.416 e. The van der Waals surface area contributed by atoms with Gasteiger partial charge >= 0.3 is 12.3 Å². The molecular formula is C26H19F4N5O3. The summed E-state index contributed by atoms with van der Waals surface area (Å²) in [7, 11) is 0. The number of hydrogen-bond donors (Lipinski definition) is 3. The zero-order valence-electron chi connectivity index (χ0n) is 19.7. The summed E-state index contributed by atoms with van der Waals surface area (Å²) in [4.78, 5) is 31.0. The maximum absolute atomic E-state index is 14.9. The standard InChI is InChI=1S/C26H19F4N5O3/c1-2-38-25(37)33-24-31-20-8-4-14(11-22(20)32-24)17-9-13(3-7-19(17)27)10-21-18-12-15(26(28,29)30)5-6-16(18)23(36)35-34-21/h3-9,11-12H,2,10H2,1H3,(H,35,36)(H2,31,32,33,37). The Hall–Kier alpha value is -4.74. The van der Waals surface area contributed by atoms with E-state index in [4.69, 9.17) is 4.74 Å². The number of anilines is 1. The van der Waals surface area contributed by atoms with Crippen molar-refractivity contribution in [1.29, 1.82) is 0 Å². The van der Waals surface area contributed by atoms with E-state index < -0.39 is 29.2 Å². The molecule has 0 spiro atoms. The lowest BCUT2D eigenvalue weighted by molar-refractivity contribution is -0.137. The predicted octanol–water partition coefficient (Wildman–Crippen LogP) is 5.78. The van der Waals surface area contributed by atoms with Crippen LogP contribution in [0.2, 0.25) is 0 Å². The van der Waals surface area contributed by atoms with Crippen LogP contribution < -0.4 is 10.9 Å². The van der Waals surface area contributed by atoms with Gasteiger partial charge in [0.05, 0.1) is 34.3 Å². The zero-order valence-corrected chi connectivity index (χ0v) is 19.7. The lowest BCUT2D eigenvalue weighted by Crippen LogP contribution is -2.14. The molecular weight excluding hydrogens is 506 g/mol. The van der Waals surface area contributed by atoms with Crippen molar-refractivity contribution in [3.8, 4) is 11.1 Å². The Morgan fingerprint density at radius 2 is 1.87 bits per heavy atom. The molecule has 5 rings (SSSR count). The molecule has 0 aliphatic rings. The Labute approximate surface area is 211 Å². The van der Waals surface area contributed by atoms with Crippen LogP contribution in [0.3, 0.4) is 0 Å². The normalized spacial score (nSPS) is 11.7. The number of carbonyl (C=O) groups excluding carboxylic acids is 1. The van der Waals surface area contributed by atoms with Crippen LogP contribution in [-0.4, -0.2) is 32.9 Å². The SMILES string of the molecule is CCOC(=O)Nc1nc2ccc(-c3cc(Cc4n[nH]c(=O)c5ccc(C(F)(F)F)cc45)ccc3F)cc2[nH]1. The summed E-state index contributed by atoms with van der Waals surface area (Å²) >= 11 is 0. The maximum Gasteiger partial charge on any atom is 0.416 e. The van der Waals surface area contributed by atoms with Gasteiger partial charge < -0.3 is 9.72 Å². The number of alkyl halides is 3. The molecule has 38 heavy (non-hydrogen) atoms. The van der Waals surface area contributed by atoms with Gasteiger partial charge in [-0.25, -0.2) is 19.3 Å². The van der Waals surface area contributed by atoms with E-state index in [1.165, 1.54) is 12.1 Å². The first kappa shape index (κ1) is 24.9. The van der Waals surface area contributed by atoms with Gasteiger partial charge in [-0.05, 0) is 60.5 Å². The molecule has 0 atom stereocenters. The van der Waals surface area contributed by atoms with E-state index in [9.17, 15) is 27.2 Å². The van der Waals surface area contributed by atoms with E-state index in [1.54, 1.807) is 31.2 Å². The molecule has 0 bridgehead atoms. The van der Waals surface area contributed by atoms with E-state index in [1.807, 2.05) is 0 Å². The lowest BCUT2D eigenvalue weighted by Gasteiger charge is -2.11. The summed E-state index contributed by atoms with van der Waals surface area (Å²) in [5.41, 5.74) is 1.07. The number of amides is 1. The van der Waals surface area contributed by atoms with Gasteiger partial charge in [-0.15, -0.1) is 0 Å². The molecule has 3 aromatic carbocycles. The van der Waals surface area contributed by atoms with Crippen molar-refractivity contribution in [1.82, 2.24) is 20.2 Å². The van der Waals surface area contributed by atoms with Gasteiger partial charge in [0.1, 0.15) is 5.82 Å². The van der Waals surface area contributed by atoms with E-state index >= 15 is 0 Å². The molecule has 0 unspecified atom stereocenters. The number of ether oxygens (including phenoxy) is 1. The molecule has 0 radical (unpaired) electrons. The summed E-state index contributed by atoms with van der Waals surface area (Å²) in [5, 5.41) is 8.89. The fourth-order valence-electron chi connectivity index (χ4n) is 4.13. The summed E-state index contributed by atoms with van der Waals surface area (Å²) in [6.07, 6.45) is -5.22. The molecule has 5 aromatic rings. The Bertz CT molecular complexity index is 1740. The highest BCUT2D eigenvalue weighted by Crippen LogP contribution is 2.32. The number of hydrogen-bond acceptors (Lipinski definition) is 5. The number of rotatable bonds is 5. The van der Waals surface area contributed by atoms with E-state index in [-0.39, 0.29) is 41.0 Å². The molecule has 2 aromatic heterocycles. The summed E-state index contributed by atoms with van der Waals surface area (Å²) in [6.45, 7) is 1.86. The molecule has 0 aliphatic heterocycles. The second kappa shape index (κ2) is 9.61. The lowest BCUT2D eigenvalue weighted by atomic mass is 9.98. The molecule has 0 aliphatic carbocycles. The highest BCUT2D eigenvalue weighted by atomic mass is 19.4. The fraction of sp³-hybridized carbons (Fsp3) is 0.154. The van der Waals surface area contributed by atoms with Crippen molar-refractivity contribution in [2.24, 2.45) is 0 Å². The molecule has 194 valence electrons. The maximum atomic E-state index is 14.9. The van der Waals surface area contributed by atoms with Crippen LogP contribution >= 0.6 is 0 Å². The van der Waals surface area contributed by atoms with E-state index in [0.717, 1.165) is 18.2 Å². The Morgan fingerprint density at radius 3 is 2.63 bits per heavy atom. The van der Waals surface area contributed by atoms with Gasteiger partial charge in [-0.3, -0.25) is 10.1 Å². The van der Waals surface area contributed by atoms with Crippen LogP contribution in [-0.2, 0) is 17.3 Å². The van der Waals surface area contributed by atoms with E-state index in [2.05, 4.69) is 25.5 Å². The summed E-state index contributed by atoms with van der Waals surface area (Å²) in [5.74, 6) is -0.352. The van der Waals surface area contributed by atoms with Gasteiger partial charge in [0.2, 0.25) is 5.95 Å². The number of carbonyl (C=O) groups is 1. The second-order valence-electron chi connectivity index (χ2n) is 8.41. The molecule has 0 saturated heterocycles. The van der Waals surface area contributed by atoms with Gasteiger partial charge in [-0.2, -0.15) is 18.3 Å². The molecule has 12 heteroatoms. The minimum atomic E-state index is -4.59. The first-order valence-corrected chi connectivity index (χ1v) is 11.4. The van der Waals surface area contributed by atoms with Crippen LogP contribution in [0.1, 0.15) is 23.7 Å². The first-order valence-electron chi connectivity index (χ1n) is 11.4. The van der Waals surface area contributed by atoms with Gasteiger partial charge in [0, 0.05) is 17.4 Å². The third kappa shape index (κ3) is 4.92. The van der Waals surface area contributed by atoms with Gasteiger partial charge in [-0.1, -0.05) is 12.1 Å². The number of aromatic nitrogens is 4.